The number of benzene rings is 1. The molecule has 0 aliphatic rings. The number of ether oxygens (including phenoxy) is 2. The smallest absolute Gasteiger partial charge is 0.141 e. The van der Waals surface area contributed by atoms with Crippen molar-refractivity contribution in [2.75, 3.05) is 26.4 Å². The molecule has 0 saturated carbocycles. The highest BCUT2D eigenvalue weighted by Gasteiger charge is 2.07. The normalized spacial score (nSPS) is 10.6. The molecule has 102 valence electrons. The zero-order valence-electron chi connectivity index (χ0n) is 11.0. The fourth-order valence-electron chi connectivity index (χ4n) is 1.62. The van der Waals surface area contributed by atoms with Crippen molar-refractivity contribution < 1.29 is 9.47 Å². The number of hydrogen-bond acceptors (Lipinski definition) is 3. The Morgan fingerprint density at radius 2 is 2.06 bits per heavy atom. The van der Waals surface area contributed by atoms with E-state index in [4.69, 9.17) is 26.8 Å². The van der Waals surface area contributed by atoms with Crippen molar-refractivity contribution in [3.8, 4) is 5.75 Å². The van der Waals surface area contributed by atoms with E-state index in [-0.39, 0.29) is 0 Å². The van der Waals surface area contributed by atoms with Gasteiger partial charge in [-0.25, -0.2) is 0 Å². The zero-order chi connectivity index (χ0) is 13.2. The highest BCUT2D eigenvalue weighted by molar-refractivity contribution is 6.32. The summed E-state index contributed by atoms with van der Waals surface area (Å²) in [6.07, 6.45) is 3.00. The van der Waals surface area contributed by atoms with E-state index < -0.39 is 0 Å². The fourth-order valence-corrected chi connectivity index (χ4v) is 1.87. The van der Waals surface area contributed by atoms with Crippen molar-refractivity contribution in [1.82, 2.24) is 0 Å². The summed E-state index contributed by atoms with van der Waals surface area (Å²) in [4.78, 5) is 0. The minimum absolute atomic E-state index is 0.519. The van der Waals surface area contributed by atoms with Crippen LogP contribution in [0.4, 0.5) is 0 Å². The van der Waals surface area contributed by atoms with Crippen LogP contribution in [-0.4, -0.2) is 26.4 Å². The molecule has 3 nitrogen and oxygen atoms in total. The van der Waals surface area contributed by atoms with E-state index in [2.05, 4.69) is 6.92 Å². The molecule has 0 radical (unpaired) electrons. The van der Waals surface area contributed by atoms with Crippen molar-refractivity contribution in [1.29, 1.82) is 0 Å². The lowest BCUT2D eigenvalue weighted by atomic mass is 10.1. The molecule has 0 bridgehead atoms. The first-order chi connectivity index (χ1) is 8.79. The summed E-state index contributed by atoms with van der Waals surface area (Å²) >= 11 is 6.12. The molecule has 0 amide bonds. The maximum Gasteiger partial charge on any atom is 0.141 e. The average Bonchev–Trinajstić information content (AvgIpc) is 2.36. The average molecular weight is 272 g/mol. The first-order valence-corrected chi connectivity index (χ1v) is 6.85. The van der Waals surface area contributed by atoms with E-state index in [0.717, 1.165) is 37.2 Å². The molecule has 1 aromatic rings. The molecule has 4 heteroatoms. The molecule has 0 aliphatic carbocycles. The number of nitrogens with two attached hydrogens (primary N) is 1. The van der Waals surface area contributed by atoms with Crippen molar-refractivity contribution in [3.63, 3.8) is 0 Å². The van der Waals surface area contributed by atoms with Crippen molar-refractivity contribution in [2.45, 2.75) is 26.2 Å². The first kappa shape index (κ1) is 15.3. The minimum atomic E-state index is 0.519. The lowest BCUT2D eigenvalue weighted by molar-refractivity contribution is 0.0978. The summed E-state index contributed by atoms with van der Waals surface area (Å²) in [5, 5.41) is 0.634. The van der Waals surface area contributed by atoms with Crippen molar-refractivity contribution >= 4 is 11.6 Å². The lowest BCUT2D eigenvalue weighted by Crippen LogP contribution is -2.10. The van der Waals surface area contributed by atoms with Crippen molar-refractivity contribution in [2.24, 2.45) is 5.73 Å². The Labute approximate surface area is 114 Å². The third-order valence-electron chi connectivity index (χ3n) is 2.58. The monoisotopic (exact) mass is 271 g/mol. The van der Waals surface area contributed by atoms with E-state index in [0.29, 0.717) is 24.8 Å². The Balaban J connectivity index is 2.40. The minimum Gasteiger partial charge on any atom is -0.489 e. The van der Waals surface area contributed by atoms with Gasteiger partial charge in [-0.3, -0.25) is 0 Å². The summed E-state index contributed by atoms with van der Waals surface area (Å²) < 4.78 is 11.1. The first-order valence-electron chi connectivity index (χ1n) is 6.47. The highest BCUT2D eigenvalue weighted by Crippen LogP contribution is 2.28. The van der Waals surface area contributed by atoms with Gasteiger partial charge in [0.05, 0.1) is 11.6 Å². The molecular formula is C14H22ClNO2. The van der Waals surface area contributed by atoms with Gasteiger partial charge in [0.25, 0.3) is 0 Å². The van der Waals surface area contributed by atoms with E-state index in [9.17, 15) is 0 Å². The quantitative estimate of drug-likeness (QED) is 0.702. The van der Waals surface area contributed by atoms with E-state index in [1.165, 1.54) is 0 Å². The number of unbranched alkanes of at least 4 members (excludes halogenated alkanes) is 1. The highest BCUT2D eigenvalue weighted by atomic mass is 35.5. The Morgan fingerprint density at radius 3 is 2.78 bits per heavy atom. The predicted molar refractivity (Wildman–Crippen MR) is 75.4 cm³/mol. The largest absolute Gasteiger partial charge is 0.489 e. The molecule has 0 aliphatic heterocycles. The Morgan fingerprint density at radius 1 is 1.22 bits per heavy atom. The van der Waals surface area contributed by atoms with Crippen LogP contribution in [-0.2, 0) is 11.2 Å². The van der Waals surface area contributed by atoms with Crippen molar-refractivity contribution in [3.05, 3.63) is 28.8 Å². The molecule has 18 heavy (non-hydrogen) atoms. The van der Waals surface area contributed by atoms with Gasteiger partial charge < -0.3 is 15.2 Å². The van der Waals surface area contributed by atoms with Crippen LogP contribution in [0.2, 0.25) is 5.02 Å². The zero-order valence-corrected chi connectivity index (χ0v) is 11.7. The summed E-state index contributed by atoms with van der Waals surface area (Å²) in [6, 6.07) is 5.73. The molecule has 0 saturated heterocycles. The Kier molecular flexibility index (Phi) is 7.81. The Hall–Kier alpha value is -0.770. The van der Waals surface area contributed by atoms with Gasteiger partial charge in [-0.1, -0.05) is 37.1 Å². The maximum absolute atomic E-state index is 6.12. The van der Waals surface area contributed by atoms with Gasteiger partial charge in [0.2, 0.25) is 0 Å². The Bertz CT molecular complexity index is 345. The van der Waals surface area contributed by atoms with Gasteiger partial charge in [-0.05, 0) is 31.0 Å². The third-order valence-corrected chi connectivity index (χ3v) is 2.88. The second-order valence-corrected chi connectivity index (χ2v) is 4.49. The molecule has 0 heterocycles. The molecular weight excluding hydrogens is 250 g/mol. The van der Waals surface area contributed by atoms with E-state index >= 15 is 0 Å². The molecule has 2 N–H and O–H groups in total. The van der Waals surface area contributed by atoms with Gasteiger partial charge in [-0.2, -0.15) is 0 Å². The molecule has 0 aromatic heterocycles. The summed E-state index contributed by atoms with van der Waals surface area (Å²) in [5.74, 6) is 0.740. The summed E-state index contributed by atoms with van der Waals surface area (Å²) in [6.45, 7) is 4.63. The predicted octanol–water partition coefficient (Wildman–Crippen LogP) is 3.04. The fraction of sp³-hybridized carbons (Fsp3) is 0.571. The van der Waals surface area contributed by atoms with Crippen LogP contribution in [0.5, 0.6) is 5.75 Å². The van der Waals surface area contributed by atoms with Crippen LogP contribution in [0.25, 0.3) is 0 Å². The van der Waals surface area contributed by atoms with Crippen LogP contribution in [0.1, 0.15) is 25.3 Å². The molecule has 1 rings (SSSR count). The lowest BCUT2D eigenvalue weighted by Gasteiger charge is -2.12. The maximum atomic E-state index is 6.12. The van der Waals surface area contributed by atoms with Crippen LogP contribution in [0.15, 0.2) is 18.2 Å². The van der Waals surface area contributed by atoms with Gasteiger partial charge >= 0.3 is 0 Å². The third kappa shape index (κ3) is 5.25. The van der Waals surface area contributed by atoms with Gasteiger partial charge in [0.1, 0.15) is 12.4 Å². The number of rotatable bonds is 9. The molecule has 1 aromatic carbocycles. The van der Waals surface area contributed by atoms with Crippen LogP contribution in [0.3, 0.4) is 0 Å². The second kappa shape index (κ2) is 9.20. The molecule has 0 fully saturated rings. The van der Waals surface area contributed by atoms with Gasteiger partial charge in [0, 0.05) is 6.61 Å². The van der Waals surface area contributed by atoms with Crippen LogP contribution in [0, 0.1) is 0 Å². The number of hydrogen-bond donors (Lipinski definition) is 1. The molecule has 0 spiro atoms. The molecule has 0 unspecified atom stereocenters. The van der Waals surface area contributed by atoms with E-state index in [1.54, 1.807) is 0 Å². The topological polar surface area (TPSA) is 44.5 Å². The SMILES string of the molecule is CCCCOCCOc1c(Cl)cccc1CCN. The number of halogens is 1. The number of para-hydroxylation sites is 1. The van der Waals surface area contributed by atoms with Gasteiger partial charge in [-0.15, -0.1) is 0 Å². The standard InChI is InChI=1S/C14H22ClNO2/c1-2-3-9-17-10-11-18-14-12(7-8-16)5-4-6-13(14)15/h4-6H,2-3,7-11,16H2,1H3. The summed E-state index contributed by atoms with van der Waals surface area (Å²) in [7, 11) is 0. The van der Waals surface area contributed by atoms with E-state index in [1.807, 2.05) is 18.2 Å². The van der Waals surface area contributed by atoms with Gasteiger partial charge in [0.15, 0.2) is 0 Å². The molecule has 0 atom stereocenters. The second-order valence-electron chi connectivity index (χ2n) is 4.08. The van der Waals surface area contributed by atoms with Crippen LogP contribution >= 0.6 is 11.6 Å². The summed E-state index contributed by atoms with van der Waals surface area (Å²) in [5.41, 5.74) is 6.62. The van der Waals surface area contributed by atoms with Crippen LogP contribution < -0.4 is 10.5 Å².